The summed E-state index contributed by atoms with van der Waals surface area (Å²) in [6, 6.07) is 10.2. The van der Waals surface area contributed by atoms with Crippen LogP contribution in [-0.4, -0.2) is 65.7 Å². The molecule has 3 aliphatic heterocycles. The number of guanidine groups is 1. The third-order valence-corrected chi connectivity index (χ3v) is 5.24. The molecule has 8 nitrogen and oxygen atoms in total. The van der Waals surface area contributed by atoms with Gasteiger partial charge in [0, 0.05) is 13.0 Å². The van der Waals surface area contributed by atoms with E-state index < -0.39 is 0 Å². The van der Waals surface area contributed by atoms with Crippen molar-refractivity contribution in [3.8, 4) is 0 Å². The molecule has 4 N–H and O–H groups in total. The zero-order chi connectivity index (χ0) is 18.6. The van der Waals surface area contributed by atoms with Crippen LogP contribution in [0.25, 0.3) is 0 Å². The van der Waals surface area contributed by atoms with E-state index in [1.54, 1.807) is 6.34 Å². The fourth-order valence-electron chi connectivity index (χ4n) is 3.81. The Morgan fingerprint density at radius 1 is 1.30 bits per heavy atom. The molecule has 0 radical (unpaired) electrons. The molecule has 0 aliphatic carbocycles. The first kappa shape index (κ1) is 18.1. The first-order valence-corrected chi connectivity index (χ1v) is 9.46. The molecule has 3 aliphatic rings. The molecule has 0 saturated carbocycles. The van der Waals surface area contributed by atoms with Crippen molar-refractivity contribution in [3.05, 3.63) is 35.9 Å². The normalized spacial score (nSPS) is 31.6. The van der Waals surface area contributed by atoms with Crippen molar-refractivity contribution in [1.29, 1.82) is 0 Å². The Labute approximate surface area is 158 Å². The molecule has 4 rings (SSSR count). The third kappa shape index (κ3) is 3.87. The number of nitrogens with zero attached hydrogens (tertiary/aromatic N) is 4. The van der Waals surface area contributed by atoms with E-state index in [0.29, 0.717) is 13.1 Å². The molecule has 2 fully saturated rings. The van der Waals surface area contributed by atoms with Crippen molar-refractivity contribution in [2.75, 3.05) is 13.2 Å². The van der Waals surface area contributed by atoms with Gasteiger partial charge < -0.3 is 20.9 Å². The highest BCUT2D eigenvalue weighted by molar-refractivity contribution is 6.00. The minimum Gasteiger partial charge on any atom is -0.394 e. The highest BCUT2D eigenvalue weighted by atomic mass is 16.5. The summed E-state index contributed by atoms with van der Waals surface area (Å²) in [5.74, 6) is 0.754. The minimum absolute atomic E-state index is 0.0170. The second-order valence-corrected chi connectivity index (χ2v) is 7.01. The van der Waals surface area contributed by atoms with Gasteiger partial charge in [-0.3, -0.25) is 4.90 Å². The summed E-state index contributed by atoms with van der Waals surface area (Å²) in [6.45, 7) is 0.980. The summed E-state index contributed by atoms with van der Waals surface area (Å²) in [4.78, 5) is 16.0. The van der Waals surface area contributed by atoms with E-state index in [9.17, 15) is 5.11 Å². The van der Waals surface area contributed by atoms with Crippen LogP contribution >= 0.6 is 0 Å². The monoisotopic (exact) mass is 370 g/mol. The summed E-state index contributed by atoms with van der Waals surface area (Å²) in [6.07, 6.45) is 3.62. The predicted molar refractivity (Wildman–Crippen MR) is 105 cm³/mol. The van der Waals surface area contributed by atoms with E-state index in [4.69, 9.17) is 15.5 Å². The Morgan fingerprint density at radius 3 is 2.89 bits per heavy atom. The Balaban J connectivity index is 1.61. The minimum atomic E-state index is -0.160. The van der Waals surface area contributed by atoms with Crippen LogP contribution in [-0.2, 0) is 11.3 Å². The van der Waals surface area contributed by atoms with Gasteiger partial charge in [-0.15, -0.1) is 0 Å². The molecule has 144 valence electrons. The molecule has 0 spiro atoms. The molecule has 2 bridgehead atoms. The van der Waals surface area contributed by atoms with Gasteiger partial charge in [0.1, 0.15) is 18.7 Å². The lowest BCUT2D eigenvalue weighted by Gasteiger charge is -2.42. The number of aliphatic hydroxyl groups excluding tert-OH is 1. The van der Waals surface area contributed by atoms with Crippen molar-refractivity contribution in [2.24, 2.45) is 20.7 Å². The van der Waals surface area contributed by atoms with E-state index >= 15 is 0 Å². The quantitative estimate of drug-likeness (QED) is 0.698. The van der Waals surface area contributed by atoms with Gasteiger partial charge in [-0.25, -0.2) is 15.0 Å². The molecular formula is C19H26N6O2. The number of nitrogens with one attached hydrogen (secondary N) is 1. The maximum atomic E-state index is 9.44. The van der Waals surface area contributed by atoms with Crippen molar-refractivity contribution in [1.82, 2.24) is 10.2 Å². The first-order chi connectivity index (χ1) is 13.3. The zero-order valence-electron chi connectivity index (χ0n) is 15.2. The van der Waals surface area contributed by atoms with Gasteiger partial charge in [0.05, 0.1) is 31.0 Å². The van der Waals surface area contributed by atoms with Crippen LogP contribution in [0.5, 0.6) is 0 Å². The summed E-state index contributed by atoms with van der Waals surface area (Å²) in [7, 11) is 0. The Morgan fingerprint density at radius 2 is 2.15 bits per heavy atom. The smallest absolute Gasteiger partial charge is 0.198 e. The van der Waals surface area contributed by atoms with Crippen LogP contribution in [0.2, 0.25) is 0 Å². The summed E-state index contributed by atoms with van der Waals surface area (Å²) in [5.41, 5.74) is 7.89. The van der Waals surface area contributed by atoms with Crippen molar-refractivity contribution in [3.63, 3.8) is 0 Å². The lowest BCUT2D eigenvalue weighted by Crippen LogP contribution is -2.62. The van der Waals surface area contributed by atoms with Gasteiger partial charge in [0.15, 0.2) is 5.96 Å². The number of aliphatic hydroxyl groups is 1. The van der Waals surface area contributed by atoms with Gasteiger partial charge in [-0.2, -0.15) is 0 Å². The van der Waals surface area contributed by atoms with Crippen LogP contribution in [0.1, 0.15) is 24.8 Å². The molecule has 8 heteroatoms. The molecular weight excluding hydrogens is 344 g/mol. The van der Waals surface area contributed by atoms with E-state index in [0.717, 1.165) is 36.5 Å². The molecule has 0 aromatic heterocycles. The van der Waals surface area contributed by atoms with E-state index in [2.05, 4.69) is 32.3 Å². The topological polar surface area (TPSA) is 108 Å². The summed E-state index contributed by atoms with van der Waals surface area (Å²) in [5, 5.41) is 12.9. The highest BCUT2D eigenvalue weighted by Gasteiger charge is 2.41. The van der Waals surface area contributed by atoms with Gasteiger partial charge in [-0.05, 0) is 18.4 Å². The number of fused-ring (bicyclic) bond motifs is 2. The Bertz CT molecular complexity index is 735. The Kier molecular flexibility index (Phi) is 5.47. The molecule has 0 amide bonds. The van der Waals surface area contributed by atoms with Gasteiger partial charge in [0.25, 0.3) is 0 Å². The molecule has 2 saturated heterocycles. The average Bonchev–Trinajstić information content (AvgIpc) is 3.12. The Hall–Kier alpha value is -2.29. The second kappa shape index (κ2) is 8.16. The SMILES string of the molecule is NCC1=NC=NC2CC1NC(=NCc1ccccc1)N2C1CCC(CO)O1. The lowest BCUT2D eigenvalue weighted by molar-refractivity contribution is -0.0591. The van der Waals surface area contributed by atoms with Crippen LogP contribution in [0.15, 0.2) is 45.3 Å². The fraction of sp³-hybridized carbons (Fsp3) is 0.526. The molecule has 1 aromatic rings. The van der Waals surface area contributed by atoms with E-state index in [1.165, 1.54) is 0 Å². The number of nitrogens with two attached hydrogens (primary N) is 1. The third-order valence-electron chi connectivity index (χ3n) is 5.24. The zero-order valence-corrected chi connectivity index (χ0v) is 15.2. The second-order valence-electron chi connectivity index (χ2n) is 7.01. The number of hydrogen-bond acceptors (Lipinski definition) is 6. The van der Waals surface area contributed by atoms with Crippen molar-refractivity contribution >= 4 is 18.0 Å². The molecule has 3 heterocycles. The fourth-order valence-corrected chi connectivity index (χ4v) is 3.81. The average molecular weight is 370 g/mol. The van der Waals surface area contributed by atoms with Gasteiger partial charge >= 0.3 is 0 Å². The van der Waals surface area contributed by atoms with Crippen LogP contribution in [0, 0.1) is 0 Å². The lowest BCUT2D eigenvalue weighted by atomic mass is 10.0. The molecule has 4 unspecified atom stereocenters. The maximum absolute atomic E-state index is 9.44. The first-order valence-electron chi connectivity index (χ1n) is 9.46. The molecule has 4 atom stereocenters. The van der Waals surface area contributed by atoms with Gasteiger partial charge in [0.2, 0.25) is 0 Å². The largest absolute Gasteiger partial charge is 0.394 e. The van der Waals surface area contributed by atoms with Crippen molar-refractivity contribution in [2.45, 2.75) is 50.3 Å². The van der Waals surface area contributed by atoms with E-state index in [1.807, 2.05) is 18.2 Å². The highest BCUT2D eigenvalue weighted by Crippen LogP contribution is 2.29. The van der Waals surface area contributed by atoms with E-state index in [-0.39, 0.29) is 31.1 Å². The number of rotatable bonds is 5. The number of aliphatic imine (C=N–C) groups is 3. The molecule has 1 aromatic carbocycles. The summed E-state index contributed by atoms with van der Waals surface area (Å²) >= 11 is 0. The van der Waals surface area contributed by atoms with Crippen LogP contribution < -0.4 is 11.1 Å². The predicted octanol–water partition coefficient (Wildman–Crippen LogP) is 0.472. The number of hydrogen-bond donors (Lipinski definition) is 3. The number of benzene rings is 1. The van der Waals surface area contributed by atoms with Crippen LogP contribution in [0.4, 0.5) is 0 Å². The molecule has 27 heavy (non-hydrogen) atoms. The van der Waals surface area contributed by atoms with Crippen LogP contribution in [0.3, 0.4) is 0 Å². The van der Waals surface area contributed by atoms with Gasteiger partial charge in [-0.1, -0.05) is 30.3 Å². The standard InChI is InChI=1S/C19H26N6O2/c20-9-16-15-8-17(23-12-22-16)25(18-7-6-14(11-26)27-18)19(24-15)21-10-13-4-2-1-3-5-13/h1-5,12,14-15,17-18,26H,6-11,20H2,(H,21,24). The summed E-state index contributed by atoms with van der Waals surface area (Å²) < 4.78 is 6.04. The van der Waals surface area contributed by atoms with Crippen molar-refractivity contribution < 1.29 is 9.84 Å². The number of ether oxygens (including phenoxy) is 1. The maximum Gasteiger partial charge on any atom is 0.198 e.